The molecular weight excluding hydrogens is 829 g/mol. The average Bonchev–Trinajstić information content (AvgIpc) is 4.15. The molecule has 0 radical (unpaired) electrons. The maximum Gasteiger partial charge on any atom is 0.0726 e. The van der Waals surface area contributed by atoms with Crippen molar-refractivity contribution in [3.05, 3.63) is 252 Å². The van der Waals surface area contributed by atoms with Gasteiger partial charge in [0, 0.05) is 54.3 Å². The van der Waals surface area contributed by atoms with Crippen molar-refractivity contribution in [3.8, 4) is 39.1 Å². The van der Waals surface area contributed by atoms with E-state index in [4.69, 9.17) is 0 Å². The molecule has 15 rings (SSSR count). The molecule has 2 aromatic heterocycles. The Morgan fingerprint density at radius 1 is 0.403 bits per heavy atom. The van der Waals surface area contributed by atoms with Gasteiger partial charge in [0.25, 0.3) is 0 Å². The normalized spacial score (nSPS) is 14.4. The van der Waals surface area contributed by atoms with Crippen molar-refractivity contribution in [3.63, 3.8) is 0 Å². The molecule has 0 N–H and O–H groups in total. The topological polar surface area (TPSA) is 8.17 Å². The summed E-state index contributed by atoms with van der Waals surface area (Å²) in [4.78, 5) is 2.57. The number of hydrogen-bond donors (Lipinski definition) is 0. The summed E-state index contributed by atoms with van der Waals surface area (Å²) < 4.78 is 5.13. The van der Waals surface area contributed by atoms with Crippen LogP contribution in [0.2, 0.25) is 0 Å². The van der Waals surface area contributed by atoms with E-state index in [1.165, 1.54) is 114 Å². The lowest BCUT2D eigenvalue weighted by Crippen LogP contribution is -2.26. The minimum atomic E-state index is -0.453. The van der Waals surface area contributed by atoms with E-state index in [1.807, 2.05) is 11.3 Å². The molecule has 0 amide bonds. The smallest absolute Gasteiger partial charge is 0.0726 e. The highest BCUT2D eigenvalue weighted by Gasteiger charge is 2.52. The number of benzene rings is 10. The summed E-state index contributed by atoms with van der Waals surface area (Å²) >= 11 is 1.90. The highest BCUT2D eigenvalue weighted by Crippen LogP contribution is 2.65. The fourth-order valence-corrected chi connectivity index (χ4v) is 14.1. The first-order valence-corrected chi connectivity index (χ1v) is 24.2. The molecular formula is C64H42N2S. The lowest BCUT2D eigenvalue weighted by Gasteiger charge is -2.32. The lowest BCUT2D eigenvalue weighted by molar-refractivity contribution is 0.660. The number of hydrogen-bond acceptors (Lipinski definition) is 2. The van der Waals surface area contributed by atoms with Crippen LogP contribution < -0.4 is 4.90 Å². The molecule has 0 bridgehead atoms. The fourth-order valence-electron chi connectivity index (χ4n) is 12.8. The minimum Gasteiger partial charge on any atom is -0.310 e. The van der Waals surface area contributed by atoms with E-state index in [0.29, 0.717) is 0 Å². The fraction of sp³-hybridized carbons (Fsp3) is 0.0625. The van der Waals surface area contributed by atoms with Crippen molar-refractivity contribution >= 4 is 70.4 Å². The zero-order valence-corrected chi connectivity index (χ0v) is 37.9. The van der Waals surface area contributed by atoms with Gasteiger partial charge < -0.3 is 9.47 Å². The quantitative estimate of drug-likeness (QED) is 0.171. The van der Waals surface area contributed by atoms with Crippen LogP contribution in [0.4, 0.5) is 17.1 Å². The van der Waals surface area contributed by atoms with E-state index in [1.54, 1.807) is 0 Å². The van der Waals surface area contributed by atoms with Gasteiger partial charge in [-0.05, 0) is 116 Å². The van der Waals surface area contributed by atoms with Crippen LogP contribution in [0.3, 0.4) is 0 Å². The van der Waals surface area contributed by atoms with Gasteiger partial charge in [-0.3, -0.25) is 0 Å². The summed E-state index contributed by atoms with van der Waals surface area (Å²) in [5.74, 6) is 0. The van der Waals surface area contributed by atoms with Gasteiger partial charge in [0.15, 0.2) is 0 Å². The van der Waals surface area contributed by atoms with Crippen LogP contribution in [0.1, 0.15) is 47.2 Å². The number of para-hydroxylation sites is 1. The van der Waals surface area contributed by atoms with E-state index in [-0.39, 0.29) is 5.41 Å². The summed E-state index contributed by atoms with van der Waals surface area (Å²) in [6.45, 7) is 4.78. The Morgan fingerprint density at radius 2 is 0.970 bits per heavy atom. The van der Waals surface area contributed by atoms with Crippen LogP contribution in [-0.4, -0.2) is 4.57 Å². The maximum absolute atomic E-state index is 2.57. The van der Waals surface area contributed by atoms with E-state index in [0.717, 1.165) is 17.1 Å². The lowest BCUT2D eigenvalue weighted by atomic mass is 9.70. The van der Waals surface area contributed by atoms with Gasteiger partial charge in [-0.25, -0.2) is 0 Å². The number of nitrogens with zero attached hydrogens (tertiary/aromatic N) is 2. The zero-order chi connectivity index (χ0) is 44.2. The molecule has 3 heteroatoms. The van der Waals surface area contributed by atoms with Crippen LogP contribution in [-0.2, 0) is 10.8 Å². The van der Waals surface area contributed by atoms with E-state index in [9.17, 15) is 0 Å². The van der Waals surface area contributed by atoms with E-state index in [2.05, 4.69) is 242 Å². The van der Waals surface area contributed by atoms with Gasteiger partial charge in [-0.2, -0.15) is 0 Å². The Balaban J connectivity index is 1.04. The summed E-state index contributed by atoms with van der Waals surface area (Å²) in [5, 5.41) is 5.11. The van der Waals surface area contributed by atoms with Crippen LogP contribution in [0.25, 0.3) is 81.0 Å². The van der Waals surface area contributed by atoms with Crippen LogP contribution in [0.15, 0.2) is 218 Å². The SMILES string of the molecule is CC1(C)c2ccccc2-c2ccc(N(c3ccc4c(c3)c3ccc5c6ccccc6sc5c3n4-c3ccccc3)c3cccc4c3-c3ccccc3C43c4ccccc4-c4ccccc43)cc21. The maximum atomic E-state index is 2.57. The second-order valence-electron chi connectivity index (χ2n) is 19.1. The third-order valence-electron chi connectivity index (χ3n) is 15.6. The van der Waals surface area contributed by atoms with Crippen molar-refractivity contribution in [2.75, 3.05) is 4.90 Å². The first-order valence-electron chi connectivity index (χ1n) is 23.4. The molecule has 0 unspecified atom stereocenters. The Bertz CT molecular complexity index is 4040. The molecule has 2 heterocycles. The van der Waals surface area contributed by atoms with Crippen LogP contribution in [0, 0.1) is 0 Å². The molecule has 2 nitrogen and oxygen atoms in total. The molecule has 3 aliphatic carbocycles. The highest BCUT2D eigenvalue weighted by atomic mass is 32.1. The Kier molecular flexibility index (Phi) is 7.41. The molecule has 314 valence electrons. The van der Waals surface area contributed by atoms with E-state index >= 15 is 0 Å². The van der Waals surface area contributed by atoms with Crippen molar-refractivity contribution in [1.29, 1.82) is 0 Å². The summed E-state index contributed by atoms with van der Waals surface area (Å²) in [6, 6.07) is 82.4. The number of fused-ring (bicyclic) bond motifs is 20. The molecule has 0 aliphatic heterocycles. The predicted molar refractivity (Wildman–Crippen MR) is 282 cm³/mol. The van der Waals surface area contributed by atoms with Gasteiger partial charge in [0.1, 0.15) is 0 Å². The summed E-state index contributed by atoms with van der Waals surface area (Å²) in [5.41, 5.74) is 22.4. The van der Waals surface area contributed by atoms with Crippen molar-refractivity contribution in [2.45, 2.75) is 24.7 Å². The molecule has 10 aromatic carbocycles. The highest BCUT2D eigenvalue weighted by molar-refractivity contribution is 7.26. The van der Waals surface area contributed by atoms with Crippen molar-refractivity contribution in [2.24, 2.45) is 0 Å². The molecule has 0 atom stereocenters. The molecule has 1 spiro atoms. The number of rotatable bonds is 4. The van der Waals surface area contributed by atoms with Gasteiger partial charge in [-0.15, -0.1) is 11.3 Å². The van der Waals surface area contributed by atoms with Gasteiger partial charge in [0.2, 0.25) is 0 Å². The van der Waals surface area contributed by atoms with Crippen LogP contribution >= 0.6 is 11.3 Å². The molecule has 67 heavy (non-hydrogen) atoms. The Labute approximate surface area is 393 Å². The van der Waals surface area contributed by atoms with Crippen molar-refractivity contribution < 1.29 is 0 Å². The second kappa shape index (κ2) is 13.3. The van der Waals surface area contributed by atoms with Gasteiger partial charge in [-0.1, -0.05) is 178 Å². The average molecular weight is 871 g/mol. The molecule has 0 saturated heterocycles. The number of thiophene rings is 1. The molecule has 12 aromatic rings. The first-order chi connectivity index (χ1) is 33.0. The minimum absolute atomic E-state index is 0.164. The third kappa shape index (κ3) is 4.74. The van der Waals surface area contributed by atoms with Gasteiger partial charge >= 0.3 is 0 Å². The Hall–Kier alpha value is -7.98. The summed E-state index contributed by atoms with van der Waals surface area (Å²) in [6.07, 6.45) is 0. The molecule has 0 saturated carbocycles. The third-order valence-corrected chi connectivity index (χ3v) is 16.8. The zero-order valence-electron chi connectivity index (χ0n) is 37.1. The Morgan fingerprint density at radius 3 is 1.73 bits per heavy atom. The first kappa shape index (κ1) is 37.3. The van der Waals surface area contributed by atoms with Crippen LogP contribution in [0.5, 0.6) is 0 Å². The van der Waals surface area contributed by atoms with Crippen molar-refractivity contribution in [1.82, 2.24) is 4.57 Å². The summed E-state index contributed by atoms with van der Waals surface area (Å²) in [7, 11) is 0. The van der Waals surface area contributed by atoms with Gasteiger partial charge in [0.05, 0.1) is 26.8 Å². The molecule has 0 fully saturated rings. The largest absolute Gasteiger partial charge is 0.310 e. The number of aromatic nitrogens is 1. The van der Waals surface area contributed by atoms with E-state index < -0.39 is 5.41 Å². The second-order valence-corrected chi connectivity index (χ2v) is 20.2. The predicted octanol–water partition coefficient (Wildman–Crippen LogP) is 17.3. The monoisotopic (exact) mass is 870 g/mol. The number of anilines is 3. The molecule has 3 aliphatic rings. The standard InChI is InChI=1S/C64H42N2S/c1-63(2)51-24-11-6-19-42(51)45-33-31-41(38-56(45)63)65(58-29-16-28-55-60(58)49-23-9-14-27-54(49)64(55)52-25-12-7-20-43(52)44-21-8-13-26-53(44)64)40-32-36-57-50(37-40)47-34-35-48-46-22-10-15-30-59(46)67-62(48)61(47)66(57)39-17-4-3-5-18-39/h3-38H,1-2H3.